The lowest BCUT2D eigenvalue weighted by Gasteiger charge is -2.09. The number of hydrogen-bond acceptors (Lipinski definition) is 4. The van der Waals surface area contributed by atoms with Gasteiger partial charge in [0, 0.05) is 34.1 Å². The summed E-state index contributed by atoms with van der Waals surface area (Å²) >= 11 is 4.42. The van der Waals surface area contributed by atoms with Crippen LogP contribution in [0.15, 0.2) is 35.1 Å². The summed E-state index contributed by atoms with van der Waals surface area (Å²) in [5, 5.41) is 0.492. The largest absolute Gasteiger partial charge is 0.345 e. The lowest BCUT2D eigenvalue weighted by molar-refractivity contribution is 0.103. The summed E-state index contributed by atoms with van der Waals surface area (Å²) in [7, 11) is 0. The molecule has 0 bridgehead atoms. The van der Waals surface area contributed by atoms with Gasteiger partial charge >= 0.3 is 0 Å². The number of rotatable bonds is 4. The fourth-order valence-electron chi connectivity index (χ4n) is 2.25. The first-order valence-electron chi connectivity index (χ1n) is 6.47. The zero-order valence-corrected chi connectivity index (χ0v) is 14.2. The third kappa shape index (κ3) is 2.84. The first-order valence-corrected chi connectivity index (χ1v) is 8.49. The fraction of sp³-hybridized carbons (Fsp3) is 0.0667. The second-order valence-corrected chi connectivity index (χ2v) is 6.20. The number of carbonyl (C=O) groups excluding carboxylic acids is 1. The molecule has 0 radical (unpaired) electrons. The number of fused-ring (bicyclic) bond motifs is 1. The quantitative estimate of drug-likeness (QED) is 0.501. The molecule has 23 heavy (non-hydrogen) atoms. The maximum atomic E-state index is 14.5. The van der Waals surface area contributed by atoms with Crippen molar-refractivity contribution in [2.75, 3.05) is 11.0 Å². The van der Waals surface area contributed by atoms with Gasteiger partial charge in [0.2, 0.25) is 5.78 Å². The van der Waals surface area contributed by atoms with E-state index in [4.69, 9.17) is 0 Å². The number of ketones is 1. The van der Waals surface area contributed by atoms with E-state index in [2.05, 4.69) is 30.6 Å². The highest BCUT2D eigenvalue weighted by atomic mass is 79.9. The van der Waals surface area contributed by atoms with Crippen molar-refractivity contribution in [2.45, 2.75) is 0 Å². The smallest absolute Gasteiger partial charge is 0.201 e. The van der Waals surface area contributed by atoms with Crippen molar-refractivity contribution in [3.05, 3.63) is 57.8 Å². The molecule has 0 unspecified atom stereocenters. The van der Waals surface area contributed by atoms with Gasteiger partial charge in [-0.1, -0.05) is 11.9 Å². The molecule has 118 valence electrons. The summed E-state index contributed by atoms with van der Waals surface area (Å²) in [6.45, 7) is 0. The normalized spacial score (nSPS) is 11.0. The maximum Gasteiger partial charge on any atom is 0.201 e. The van der Waals surface area contributed by atoms with E-state index in [1.54, 1.807) is 18.5 Å². The highest BCUT2D eigenvalue weighted by molar-refractivity contribution is 9.10. The van der Waals surface area contributed by atoms with Gasteiger partial charge in [-0.2, -0.15) is 0 Å². The van der Waals surface area contributed by atoms with Gasteiger partial charge in [0.1, 0.15) is 11.5 Å². The average molecular weight is 398 g/mol. The van der Waals surface area contributed by atoms with E-state index in [9.17, 15) is 13.6 Å². The molecule has 0 spiro atoms. The highest BCUT2D eigenvalue weighted by Crippen LogP contribution is 2.28. The lowest BCUT2D eigenvalue weighted by Crippen LogP contribution is -2.09. The number of anilines is 1. The van der Waals surface area contributed by atoms with Gasteiger partial charge < -0.3 is 9.71 Å². The third-order valence-corrected chi connectivity index (χ3v) is 4.13. The zero-order chi connectivity index (χ0) is 16.6. The molecule has 0 fully saturated rings. The minimum atomic E-state index is -0.915. The third-order valence-electron chi connectivity index (χ3n) is 3.27. The van der Waals surface area contributed by atoms with Crippen LogP contribution in [0.3, 0.4) is 0 Å². The van der Waals surface area contributed by atoms with E-state index >= 15 is 0 Å². The van der Waals surface area contributed by atoms with Gasteiger partial charge in [0.15, 0.2) is 5.82 Å². The molecule has 3 rings (SSSR count). The monoisotopic (exact) mass is 397 g/mol. The minimum Gasteiger partial charge on any atom is -0.345 e. The second-order valence-electron chi connectivity index (χ2n) is 4.67. The van der Waals surface area contributed by atoms with E-state index in [-0.39, 0.29) is 11.3 Å². The molecule has 2 heterocycles. The summed E-state index contributed by atoms with van der Waals surface area (Å²) in [4.78, 5) is 19.6. The summed E-state index contributed by atoms with van der Waals surface area (Å²) < 4.78 is 31.9. The van der Waals surface area contributed by atoms with Crippen molar-refractivity contribution in [2.24, 2.45) is 0 Å². The maximum absolute atomic E-state index is 14.5. The Balaban J connectivity index is 2.16. The second kappa shape index (κ2) is 6.29. The van der Waals surface area contributed by atoms with Crippen LogP contribution >= 0.6 is 27.9 Å². The first kappa shape index (κ1) is 15.9. The van der Waals surface area contributed by atoms with E-state index in [0.717, 1.165) is 18.0 Å². The van der Waals surface area contributed by atoms with Crippen LogP contribution in [0.25, 0.3) is 11.0 Å². The number of pyridine rings is 1. The zero-order valence-electron chi connectivity index (χ0n) is 11.8. The molecule has 0 amide bonds. The SMILES string of the molecule is CSNc1ccc(F)c(C(=O)c2c[nH]c3ncc(Br)cc23)c1F. The molecule has 4 nitrogen and oxygen atoms in total. The summed E-state index contributed by atoms with van der Waals surface area (Å²) in [5.74, 6) is -2.56. The molecule has 8 heteroatoms. The van der Waals surface area contributed by atoms with E-state index in [0.29, 0.717) is 15.5 Å². The summed E-state index contributed by atoms with van der Waals surface area (Å²) in [6, 6.07) is 4.00. The van der Waals surface area contributed by atoms with Crippen LogP contribution in [0.2, 0.25) is 0 Å². The lowest BCUT2D eigenvalue weighted by atomic mass is 10.0. The topological polar surface area (TPSA) is 57.8 Å². The van der Waals surface area contributed by atoms with Gasteiger partial charge in [0.05, 0.1) is 11.3 Å². The van der Waals surface area contributed by atoms with Crippen molar-refractivity contribution < 1.29 is 13.6 Å². The Morgan fingerprint density at radius 3 is 2.91 bits per heavy atom. The van der Waals surface area contributed by atoms with E-state index in [1.165, 1.54) is 12.3 Å². The van der Waals surface area contributed by atoms with E-state index in [1.807, 2.05) is 0 Å². The van der Waals surface area contributed by atoms with Crippen LogP contribution in [-0.4, -0.2) is 22.0 Å². The summed E-state index contributed by atoms with van der Waals surface area (Å²) in [6.07, 6.45) is 4.67. The molecule has 2 N–H and O–H groups in total. The fourth-order valence-corrected chi connectivity index (χ4v) is 2.96. The Labute approximate surface area is 142 Å². The van der Waals surface area contributed by atoms with Crippen molar-refractivity contribution in [1.29, 1.82) is 0 Å². The number of carbonyl (C=O) groups is 1. The Kier molecular flexibility index (Phi) is 4.36. The van der Waals surface area contributed by atoms with Crippen molar-refractivity contribution in [1.82, 2.24) is 9.97 Å². The van der Waals surface area contributed by atoms with Gasteiger partial charge in [-0.15, -0.1) is 0 Å². The predicted octanol–water partition coefficient (Wildman–Crippen LogP) is 4.52. The highest BCUT2D eigenvalue weighted by Gasteiger charge is 2.24. The molecular formula is C15H10BrF2N3OS. The van der Waals surface area contributed by atoms with E-state index < -0.39 is 23.0 Å². The molecule has 0 atom stereocenters. The minimum absolute atomic E-state index is 0.0568. The number of benzene rings is 1. The number of H-pyrrole nitrogens is 1. The molecular weight excluding hydrogens is 388 g/mol. The molecule has 0 saturated carbocycles. The Bertz CT molecular complexity index is 913. The van der Waals surface area contributed by atoms with Crippen molar-refractivity contribution >= 4 is 50.4 Å². The number of aromatic nitrogens is 2. The molecule has 0 aliphatic rings. The van der Waals surface area contributed by atoms with Gasteiger partial charge in [0.25, 0.3) is 0 Å². The molecule has 0 aliphatic heterocycles. The standard InChI is InChI=1S/C15H10BrF2N3OS/c1-23-21-11-3-2-10(17)12(13(11)18)14(22)9-6-20-15-8(9)4-7(16)5-19-15/h2-6,21H,1H3,(H,19,20). The average Bonchev–Trinajstić information content (AvgIpc) is 2.93. The Hall–Kier alpha value is -1.93. The molecule has 3 aromatic rings. The van der Waals surface area contributed by atoms with Crippen LogP contribution < -0.4 is 4.72 Å². The number of hydrogen-bond donors (Lipinski definition) is 2. The van der Waals surface area contributed by atoms with Crippen LogP contribution in [-0.2, 0) is 0 Å². The van der Waals surface area contributed by atoms with Crippen LogP contribution in [0, 0.1) is 11.6 Å². The number of halogens is 3. The Morgan fingerprint density at radius 2 is 2.17 bits per heavy atom. The number of aromatic amines is 1. The van der Waals surface area contributed by atoms with Crippen molar-refractivity contribution in [3.63, 3.8) is 0 Å². The van der Waals surface area contributed by atoms with Crippen molar-refractivity contribution in [3.8, 4) is 0 Å². The molecule has 2 aromatic heterocycles. The molecule has 1 aromatic carbocycles. The van der Waals surface area contributed by atoms with Gasteiger partial charge in [-0.3, -0.25) is 4.79 Å². The number of nitrogens with zero attached hydrogens (tertiary/aromatic N) is 1. The molecule has 0 saturated heterocycles. The van der Waals surface area contributed by atoms with Gasteiger partial charge in [-0.25, -0.2) is 13.8 Å². The predicted molar refractivity (Wildman–Crippen MR) is 90.7 cm³/mol. The summed E-state index contributed by atoms with van der Waals surface area (Å²) in [5.41, 5.74) is 0.0926. The van der Waals surface area contributed by atoms with Gasteiger partial charge in [-0.05, 0) is 34.1 Å². The Morgan fingerprint density at radius 1 is 1.39 bits per heavy atom. The first-order chi connectivity index (χ1) is 11.0. The van der Waals surface area contributed by atoms with Crippen LogP contribution in [0.1, 0.15) is 15.9 Å². The van der Waals surface area contributed by atoms with Crippen LogP contribution in [0.5, 0.6) is 0 Å². The number of nitrogens with one attached hydrogen (secondary N) is 2. The van der Waals surface area contributed by atoms with Crippen LogP contribution in [0.4, 0.5) is 14.5 Å². The molecule has 0 aliphatic carbocycles.